The Bertz CT molecular complexity index is 866. The largest absolute Gasteiger partial charge is 0.353 e. The van der Waals surface area contributed by atoms with Gasteiger partial charge in [-0.3, -0.25) is 14.2 Å². The van der Waals surface area contributed by atoms with Crippen LogP contribution in [0.2, 0.25) is 0 Å². The molecular formula is C24H35N3O2. The molecule has 0 unspecified atom stereocenters. The number of aromatic nitrogens is 2. The van der Waals surface area contributed by atoms with E-state index in [0.717, 1.165) is 43.5 Å². The summed E-state index contributed by atoms with van der Waals surface area (Å²) in [5, 5.41) is 3.89. The average Bonchev–Trinajstić information content (AvgIpc) is 2.70. The van der Waals surface area contributed by atoms with E-state index in [-0.39, 0.29) is 23.4 Å². The smallest absolute Gasteiger partial charge is 0.261 e. The fraction of sp³-hybridized carbons (Fsp3) is 0.625. The summed E-state index contributed by atoms with van der Waals surface area (Å²) in [5.74, 6) is 1.48. The van der Waals surface area contributed by atoms with Crippen molar-refractivity contribution in [2.75, 3.05) is 0 Å². The van der Waals surface area contributed by atoms with Crippen LogP contribution in [-0.4, -0.2) is 21.5 Å². The van der Waals surface area contributed by atoms with Crippen LogP contribution < -0.4 is 10.9 Å². The zero-order valence-electron chi connectivity index (χ0n) is 18.1. The summed E-state index contributed by atoms with van der Waals surface area (Å²) in [7, 11) is 0. The van der Waals surface area contributed by atoms with Crippen molar-refractivity contribution in [2.24, 2.45) is 17.8 Å². The molecule has 5 nitrogen and oxygen atoms in total. The lowest BCUT2D eigenvalue weighted by atomic mass is 9.81. The van der Waals surface area contributed by atoms with Gasteiger partial charge in [-0.05, 0) is 63.0 Å². The molecule has 1 amide bonds. The van der Waals surface area contributed by atoms with Gasteiger partial charge in [0.25, 0.3) is 5.56 Å². The van der Waals surface area contributed by atoms with E-state index in [1.54, 1.807) is 10.9 Å². The van der Waals surface area contributed by atoms with Crippen molar-refractivity contribution in [2.45, 2.75) is 78.3 Å². The van der Waals surface area contributed by atoms with Gasteiger partial charge >= 0.3 is 0 Å². The molecule has 5 heteroatoms. The quantitative estimate of drug-likeness (QED) is 0.711. The molecule has 1 saturated carbocycles. The first-order valence-corrected chi connectivity index (χ1v) is 11.2. The lowest BCUT2D eigenvalue weighted by Crippen LogP contribution is -2.39. The molecule has 2 aromatic rings. The highest BCUT2D eigenvalue weighted by Crippen LogP contribution is 2.30. The normalized spacial score (nSPS) is 20.7. The van der Waals surface area contributed by atoms with Crippen LogP contribution in [0.3, 0.4) is 0 Å². The standard InChI is InChI=1S/C24H35N3O2/c1-17(2)7-6-8-18(3)26-23(28)20-13-11-19(12-14-20)15-27-16-25-22-10-5-4-9-21(22)24(27)29/h4-5,9-10,16-20H,6-8,11-15H2,1-3H3,(H,26,28)/t18-,19?,20?/m1/s1. The molecule has 1 atom stereocenters. The van der Waals surface area contributed by atoms with Crippen LogP contribution in [0.25, 0.3) is 10.9 Å². The van der Waals surface area contributed by atoms with E-state index in [2.05, 4.69) is 31.1 Å². The molecular weight excluding hydrogens is 362 g/mol. The third kappa shape index (κ3) is 5.91. The molecule has 0 spiro atoms. The maximum atomic E-state index is 12.7. The maximum absolute atomic E-state index is 12.7. The first kappa shape index (κ1) is 21.5. The third-order valence-electron chi connectivity index (χ3n) is 6.21. The van der Waals surface area contributed by atoms with E-state index in [0.29, 0.717) is 17.8 Å². The highest BCUT2D eigenvalue weighted by molar-refractivity contribution is 5.79. The summed E-state index contributed by atoms with van der Waals surface area (Å²) in [4.78, 5) is 29.7. The lowest BCUT2D eigenvalue weighted by Gasteiger charge is -2.29. The van der Waals surface area contributed by atoms with Gasteiger partial charge in [0.1, 0.15) is 0 Å². The topological polar surface area (TPSA) is 64.0 Å². The highest BCUT2D eigenvalue weighted by atomic mass is 16.2. The van der Waals surface area contributed by atoms with Gasteiger partial charge < -0.3 is 5.32 Å². The zero-order chi connectivity index (χ0) is 20.8. The van der Waals surface area contributed by atoms with Gasteiger partial charge in [-0.2, -0.15) is 0 Å². The Morgan fingerprint density at radius 2 is 1.86 bits per heavy atom. The second-order valence-corrected chi connectivity index (χ2v) is 9.17. The van der Waals surface area contributed by atoms with E-state index in [1.165, 1.54) is 12.8 Å². The van der Waals surface area contributed by atoms with Crippen LogP contribution in [0.1, 0.15) is 65.7 Å². The Hall–Kier alpha value is -2.17. The lowest BCUT2D eigenvalue weighted by molar-refractivity contribution is -0.126. The number of amides is 1. The van der Waals surface area contributed by atoms with E-state index in [1.807, 2.05) is 24.3 Å². The number of carbonyl (C=O) groups is 1. The minimum absolute atomic E-state index is 0.0330. The highest BCUT2D eigenvalue weighted by Gasteiger charge is 2.27. The van der Waals surface area contributed by atoms with Gasteiger partial charge in [0.05, 0.1) is 17.2 Å². The number of rotatable bonds is 8. The average molecular weight is 398 g/mol. The van der Waals surface area contributed by atoms with E-state index < -0.39 is 0 Å². The number of para-hydroxylation sites is 1. The van der Waals surface area contributed by atoms with Crippen molar-refractivity contribution in [3.8, 4) is 0 Å². The summed E-state index contributed by atoms with van der Waals surface area (Å²) in [6.07, 6.45) is 8.89. The molecule has 1 N–H and O–H groups in total. The molecule has 0 aliphatic heterocycles. The summed E-state index contributed by atoms with van der Waals surface area (Å²) in [6, 6.07) is 7.74. The molecule has 0 bridgehead atoms. The van der Waals surface area contributed by atoms with Gasteiger partial charge in [0, 0.05) is 18.5 Å². The van der Waals surface area contributed by atoms with E-state index in [4.69, 9.17) is 0 Å². The van der Waals surface area contributed by atoms with Crippen molar-refractivity contribution >= 4 is 16.8 Å². The van der Waals surface area contributed by atoms with E-state index >= 15 is 0 Å². The van der Waals surface area contributed by atoms with Crippen LogP contribution >= 0.6 is 0 Å². The summed E-state index contributed by atoms with van der Waals surface area (Å²) in [6.45, 7) is 7.28. The predicted molar refractivity (Wildman–Crippen MR) is 118 cm³/mol. The molecule has 1 aliphatic carbocycles. The van der Waals surface area contributed by atoms with Gasteiger partial charge in [0.2, 0.25) is 5.91 Å². The SMILES string of the molecule is CC(C)CCC[C@@H](C)NC(=O)C1CCC(Cn2cnc3ccccc3c2=O)CC1. The Labute approximate surface area is 173 Å². The van der Waals surface area contributed by atoms with Crippen molar-refractivity contribution in [3.63, 3.8) is 0 Å². The second-order valence-electron chi connectivity index (χ2n) is 9.17. The predicted octanol–water partition coefficient (Wildman–Crippen LogP) is 4.53. The maximum Gasteiger partial charge on any atom is 0.261 e. The Kier molecular flexibility index (Phi) is 7.45. The van der Waals surface area contributed by atoms with Crippen molar-refractivity contribution < 1.29 is 4.79 Å². The molecule has 1 aromatic heterocycles. The first-order chi connectivity index (χ1) is 13.9. The van der Waals surface area contributed by atoms with E-state index in [9.17, 15) is 9.59 Å². The second kappa shape index (κ2) is 10.0. The zero-order valence-corrected chi connectivity index (χ0v) is 18.1. The summed E-state index contributed by atoms with van der Waals surface area (Å²) in [5.41, 5.74) is 0.780. The Balaban J connectivity index is 1.47. The molecule has 3 rings (SSSR count). The van der Waals surface area contributed by atoms with Gasteiger partial charge in [0.15, 0.2) is 0 Å². The van der Waals surface area contributed by atoms with Crippen LogP contribution in [0, 0.1) is 17.8 Å². The fourth-order valence-electron chi connectivity index (χ4n) is 4.39. The van der Waals surface area contributed by atoms with Gasteiger partial charge in [-0.1, -0.05) is 38.8 Å². The molecule has 1 fully saturated rings. The number of nitrogens with one attached hydrogen (secondary N) is 1. The number of carbonyl (C=O) groups excluding carboxylic acids is 1. The van der Waals surface area contributed by atoms with Gasteiger partial charge in [-0.25, -0.2) is 4.98 Å². The Morgan fingerprint density at radius 1 is 1.14 bits per heavy atom. The number of nitrogens with zero attached hydrogens (tertiary/aromatic N) is 2. The van der Waals surface area contributed by atoms with Crippen LogP contribution in [-0.2, 0) is 11.3 Å². The summed E-state index contributed by atoms with van der Waals surface area (Å²) < 4.78 is 1.74. The molecule has 0 radical (unpaired) electrons. The third-order valence-corrected chi connectivity index (χ3v) is 6.21. The van der Waals surface area contributed by atoms with Crippen LogP contribution in [0.15, 0.2) is 35.4 Å². The number of hydrogen-bond donors (Lipinski definition) is 1. The Morgan fingerprint density at radius 3 is 2.59 bits per heavy atom. The molecule has 29 heavy (non-hydrogen) atoms. The minimum Gasteiger partial charge on any atom is -0.353 e. The monoisotopic (exact) mass is 397 g/mol. The fourth-order valence-corrected chi connectivity index (χ4v) is 4.39. The van der Waals surface area contributed by atoms with Crippen molar-refractivity contribution in [1.29, 1.82) is 0 Å². The number of hydrogen-bond acceptors (Lipinski definition) is 3. The molecule has 1 heterocycles. The number of benzene rings is 1. The molecule has 158 valence electrons. The molecule has 0 saturated heterocycles. The van der Waals surface area contributed by atoms with Crippen molar-refractivity contribution in [3.05, 3.63) is 40.9 Å². The van der Waals surface area contributed by atoms with Crippen LogP contribution in [0.5, 0.6) is 0 Å². The first-order valence-electron chi connectivity index (χ1n) is 11.2. The number of fused-ring (bicyclic) bond motifs is 1. The molecule has 1 aromatic carbocycles. The molecule has 1 aliphatic rings. The van der Waals surface area contributed by atoms with Gasteiger partial charge in [-0.15, -0.1) is 0 Å². The minimum atomic E-state index is 0.0330. The summed E-state index contributed by atoms with van der Waals surface area (Å²) >= 11 is 0. The van der Waals surface area contributed by atoms with Crippen molar-refractivity contribution in [1.82, 2.24) is 14.9 Å². The van der Waals surface area contributed by atoms with Crippen LogP contribution in [0.4, 0.5) is 0 Å².